The van der Waals surface area contributed by atoms with Gasteiger partial charge in [-0.15, -0.1) is 5.10 Å². The van der Waals surface area contributed by atoms with Gasteiger partial charge in [0.2, 0.25) is 5.16 Å². The molecule has 7 heteroatoms. The first-order chi connectivity index (χ1) is 8.70. The zero-order valence-corrected chi connectivity index (χ0v) is 10.8. The predicted molar refractivity (Wildman–Crippen MR) is 66.8 cm³/mol. The number of hydrogen-bond acceptors (Lipinski definition) is 6. The third-order valence-corrected chi connectivity index (χ3v) is 3.34. The first kappa shape index (κ1) is 12.6. The third kappa shape index (κ3) is 2.86. The van der Waals surface area contributed by atoms with Crippen LogP contribution < -0.4 is 4.74 Å². The van der Waals surface area contributed by atoms with Crippen molar-refractivity contribution in [3.63, 3.8) is 0 Å². The zero-order valence-electron chi connectivity index (χ0n) is 10.0. The van der Waals surface area contributed by atoms with Gasteiger partial charge in [0.1, 0.15) is 5.75 Å². The fourth-order valence-electron chi connectivity index (χ4n) is 1.33. The lowest BCUT2D eigenvalue weighted by atomic mass is 10.1. The Morgan fingerprint density at radius 1 is 1.39 bits per heavy atom. The molecule has 1 aromatic carbocycles. The van der Waals surface area contributed by atoms with Crippen molar-refractivity contribution >= 4 is 17.5 Å². The summed E-state index contributed by atoms with van der Waals surface area (Å²) in [5, 5.41) is 11.6. The van der Waals surface area contributed by atoms with Crippen LogP contribution in [0.5, 0.6) is 5.75 Å². The summed E-state index contributed by atoms with van der Waals surface area (Å²) < 4.78 is 6.57. The van der Waals surface area contributed by atoms with Crippen LogP contribution in [0, 0.1) is 0 Å². The number of tetrazole rings is 1. The summed E-state index contributed by atoms with van der Waals surface area (Å²) in [6.07, 6.45) is 0. The van der Waals surface area contributed by atoms with Gasteiger partial charge in [0.05, 0.1) is 12.9 Å². The Hall–Kier alpha value is -1.89. The number of methoxy groups -OCH3 is 1. The number of carbonyl (C=O) groups is 1. The number of rotatable bonds is 5. The quantitative estimate of drug-likeness (QED) is 0.597. The molecular formula is C11H12N4O2S. The van der Waals surface area contributed by atoms with Crippen LogP contribution in [0.4, 0.5) is 0 Å². The number of Topliss-reactive ketones (excluding diaryl/α,β-unsaturated/α-hetero) is 1. The lowest BCUT2D eigenvalue weighted by Gasteiger charge is -2.02. The topological polar surface area (TPSA) is 69.9 Å². The number of hydrogen-bond donors (Lipinski definition) is 0. The van der Waals surface area contributed by atoms with Gasteiger partial charge in [-0.05, 0) is 34.7 Å². The summed E-state index contributed by atoms with van der Waals surface area (Å²) in [5.41, 5.74) is 0.651. The van der Waals surface area contributed by atoms with Crippen molar-refractivity contribution in [2.45, 2.75) is 5.16 Å². The summed E-state index contributed by atoms with van der Waals surface area (Å²) >= 11 is 1.31. The molecule has 0 radical (unpaired) electrons. The number of aromatic nitrogens is 4. The molecule has 0 bridgehead atoms. The van der Waals surface area contributed by atoms with Crippen molar-refractivity contribution in [3.05, 3.63) is 29.8 Å². The molecule has 1 aromatic heterocycles. The fraction of sp³-hybridized carbons (Fsp3) is 0.273. The van der Waals surface area contributed by atoms with E-state index in [-0.39, 0.29) is 5.78 Å². The molecule has 1 heterocycles. The van der Waals surface area contributed by atoms with Gasteiger partial charge >= 0.3 is 0 Å². The molecule has 0 fully saturated rings. The number of benzene rings is 1. The van der Waals surface area contributed by atoms with E-state index >= 15 is 0 Å². The van der Waals surface area contributed by atoms with E-state index < -0.39 is 0 Å². The van der Waals surface area contributed by atoms with E-state index in [4.69, 9.17) is 4.74 Å². The third-order valence-electron chi connectivity index (χ3n) is 2.33. The molecular weight excluding hydrogens is 252 g/mol. The molecule has 0 aliphatic heterocycles. The molecule has 0 amide bonds. The number of nitrogens with zero attached hydrogens (tertiary/aromatic N) is 4. The standard InChI is InChI=1S/C11H12N4O2S/c1-15-11(12-13-14-15)18-7-10(16)8-3-5-9(17-2)6-4-8/h3-6H,7H2,1-2H3. The molecule has 0 N–H and O–H groups in total. The number of aryl methyl sites for hydroxylation is 1. The van der Waals surface area contributed by atoms with E-state index in [2.05, 4.69) is 15.5 Å². The lowest BCUT2D eigenvalue weighted by Crippen LogP contribution is -2.04. The fourth-order valence-corrected chi connectivity index (χ4v) is 2.08. The number of carbonyl (C=O) groups excluding carboxylic acids is 1. The van der Waals surface area contributed by atoms with E-state index in [0.29, 0.717) is 16.5 Å². The summed E-state index contributed by atoms with van der Waals surface area (Å²) in [6.45, 7) is 0. The Bertz CT molecular complexity index is 538. The molecule has 18 heavy (non-hydrogen) atoms. The Labute approximate surface area is 108 Å². The van der Waals surface area contributed by atoms with Gasteiger partial charge in [0, 0.05) is 12.6 Å². The first-order valence-electron chi connectivity index (χ1n) is 5.23. The second kappa shape index (κ2) is 5.63. The van der Waals surface area contributed by atoms with Gasteiger partial charge in [0.15, 0.2) is 5.78 Å². The van der Waals surface area contributed by atoms with Gasteiger partial charge in [-0.2, -0.15) is 0 Å². The maximum absolute atomic E-state index is 11.9. The average molecular weight is 264 g/mol. The number of thioether (sulfide) groups is 1. The molecule has 0 saturated heterocycles. The van der Waals surface area contributed by atoms with Crippen LogP contribution in [0.15, 0.2) is 29.4 Å². The van der Waals surface area contributed by atoms with Crippen LogP contribution >= 0.6 is 11.8 Å². The summed E-state index contributed by atoms with van der Waals surface area (Å²) in [5.74, 6) is 1.07. The molecule has 6 nitrogen and oxygen atoms in total. The average Bonchev–Trinajstić information content (AvgIpc) is 2.81. The molecule has 0 spiro atoms. The number of ketones is 1. The van der Waals surface area contributed by atoms with Crippen molar-refractivity contribution in [2.24, 2.45) is 7.05 Å². The Morgan fingerprint density at radius 2 is 2.11 bits per heavy atom. The number of ether oxygens (including phenoxy) is 1. The highest BCUT2D eigenvalue weighted by Crippen LogP contribution is 2.17. The Morgan fingerprint density at radius 3 is 2.67 bits per heavy atom. The second-order valence-corrected chi connectivity index (χ2v) is 4.47. The largest absolute Gasteiger partial charge is 0.497 e. The van der Waals surface area contributed by atoms with Crippen molar-refractivity contribution in [1.82, 2.24) is 20.2 Å². The minimum absolute atomic E-state index is 0.0330. The highest BCUT2D eigenvalue weighted by atomic mass is 32.2. The predicted octanol–water partition coefficient (Wildman–Crippen LogP) is 1.19. The minimum Gasteiger partial charge on any atom is -0.497 e. The lowest BCUT2D eigenvalue weighted by molar-refractivity contribution is 0.102. The SMILES string of the molecule is COc1ccc(C(=O)CSc2nnnn2C)cc1. The van der Waals surface area contributed by atoms with E-state index in [0.717, 1.165) is 5.75 Å². The highest BCUT2D eigenvalue weighted by Gasteiger charge is 2.09. The summed E-state index contributed by atoms with van der Waals surface area (Å²) in [6, 6.07) is 7.02. The second-order valence-electron chi connectivity index (χ2n) is 3.53. The van der Waals surface area contributed by atoms with Gasteiger partial charge < -0.3 is 4.74 Å². The van der Waals surface area contributed by atoms with E-state index in [9.17, 15) is 4.79 Å². The van der Waals surface area contributed by atoms with E-state index in [1.165, 1.54) is 16.4 Å². The van der Waals surface area contributed by atoms with Crippen LogP contribution in [0.2, 0.25) is 0 Å². The molecule has 2 rings (SSSR count). The zero-order chi connectivity index (χ0) is 13.0. The van der Waals surface area contributed by atoms with Gasteiger partial charge in [-0.3, -0.25) is 4.79 Å². The van der Waals surface area contributed by atoms with E-state index in [1.807, 2.05) is 0 Å². The van der Waals surface area contributed by atoms with Crippen molar-refractivity contribution < 1.29 is 9.53 Å². The Balaban J connectivity index is 1.97. The van der Waals surface area contributed by atoms with Crippen molar-refractivity contribution in [1.29, 1.82) is 0 Å². The first-order valence-corrected chi connectivity index (χ1v) is 6.21. The normalized spacial score (nSPS) is 10.3. The van der Waals surface area contributed by atoms with Crippen LogP contribution in [0.3, 0.4) is 0 Å². The van der Waals surface area contributed by atoms with Gasteiger partial charge in [-0.25, -0.2) is 4.68 Å². The molecule has 2 aromatic rings. The molecule has 94 valence electrons. The molecule has 0 aliphatic rings. The van der Waals surface area contributed by atoms with Gasteiger partial charge in [-0.1, -0.05) is 11.8 Å². The van der Waals surface area contributed by atoms with Crippen molar-refractivity contribution in [2.75, 3.05) is 12.9 Å². The van der Waals surface area contributed by atoms with Crippen LogP contribution in [0.1, 0.15) is 10.4 Å². The maximum Gasteiger partial charge on any atom is 0.209 e. The van der Waals surface area contributed by atoms with E-state index in [1.54, 1.807) is 38.4 Å². The monoisotopic (exact) mass is 264 g/mol. The summed E-state index contributed by atoms with van der Waals surface area (Å²) in [4.78, 5) is 11.9. The molecule has 0 unspecified atom stereocenters. The van der Waals surface area contributed by atoms with Crippen molar-refractivity contribution in [3.8, 4) is 5.75 Å². The maximum atomic E-state index is 11.9. The molecule has 0 atom stereocenters. The molecule has 0 aliphatic carbocycles. The Kier molecular flexibility index (Phi) is 3.93. The van der Waals surface area contributed by atoms with Crippen LogP contribution in [-0.4, -0.2) is 38.9 Å². The van der Waals surface area contributed by atoms with Gasteiger partial charge in [0.25, 0.3) is 0 Å². The highest BCUT2D eigenvalue weighted by molar-refractivity contribution is 7.99. The summed E-state index contributed by atoms with van der Waals surface area (Å²) in [7, 11) is 3.33. The smallest absolute Gasteiger partial charge is 0.209 e. The minimum atomic E-state index is 0.0330. The molecule has 0 saturated carbocycles. The van der Waals surface area contributed by atoms with Crippen LogP contribution in [-0.2, 0) is 7.05 Å². The van der Waals surface area contributed by atoms with Crippen LogP contribution in [0.25, 0.3) is 0 Å².